The monoisotopic (exact) mass is 363 g/mol. The molecule has 4 rings (SSSR count). The average Bonchev–Trinajstić information content (AvgIpc) is 3.17. The molecule has 0 aliphatic carbocycles. The van der Waals surface area contributed by atoms with Crippen LogP contribution in [0.4, 0.5) is 5.69 Å². The summed E-state index contributed by atoms with van der Waals surface area (Å²) < 4.78 is 21.7. The molecule has 3 aromatic carbocycles. The van der Waals surface area contributed by atoms with Gasteiger partial charge in [0.1, 0.15) is 5.75 Å². The Morgan fingerprint density at radius 1 is 0.926 bits per heavy atom. The minimum atomic E-state index is -0.230. The maximum Gasteiger partial charge on any atom is 0.255 e. The first-order chi connectivity index (χ1) is 13.2. The number of ether oxygens (including phenoxy) is 4. The molecule has 0 bridgehead atoms. The number of rotatable bonds is 5. The number of hydrogen-bond acceptors (Lipinski definition) is 5. The third-order valence-corrected chi connectivity index (χ3v) is 4.04. The SMILES string of the molecule is COc1ccccc1Oc1ccc(NC(=O)c2ccc3c(c2)OCO3)cc1. The highest BCUT2D eigenvalue weighted by Crippen LogP contribution is 2.33. The zero-order chi connectivity index (χ0) is 18.6. The van der Waals surface area contributed by atoms with Crippen molar-refractivity contribution >= 4 is 11.6 Å². The molecule has 0 aromatic heterocycles. The van der Waals surface area contributed by atoms with Gasteiger partial charge in [-0.2, -0.15) is 0 Å². The quantitative estimate of drug-likeness (QED) is 0.725. The van der Waals surface area contributed by atoms with Crippen molar-refractivity contribution in [1.29, 1.82) is 0 Å². The lowest BCUT2D eigenvalue weighted by atomic mass is 10.2. The predicted octanol–water partition coefficient (Wildman–Crippen LogP) is 4.47. The lowest BCUT2D eigenvalue weighted by Crippen LogP contribution is -2.11. The van der Waals surface area contributed by atoms with Gasteiger partial charge in [0, 0.05) is 11.3 Å². The van der Waals surface area contributed by atoms with E-state index in [0.29, 0.717) is 40.0 Å². The molecule has 6 heteroatoms. The van der Waals surface area contributed by atoms with E-state index in [4.69, 9.17) is 18.9 Å². The molecule has 6 nitrogen and oxygen atoms in total. The third-order valence-electron chi connectivity index (χ3n) is 4.04. The molecule has 0 atom stereocenters. The van der Waals surface area contributed by atoms with Crippen LogP contribution in [-0.4, -0.2) is 19.8 Å². The van der Waals surface area contributed by atoms with Crippen LogP contribution in [0.2, 0.25) is 0 Å². The number of amides is 1. The van der Waals surface area contributed by atoms with Gasteiger partial charge in [0.2, 0.25) is 6.79 Å². The molecular weight excluding hydrogens is 346 g/mol. The molecule has 3 aromatic rings. The summed E-state index contributed by atoms with van der Waals surface area (Å²) in [5.41, 5.74) is 1.15. The maximum absolute atomic E-state index is 12.4. The fourth-order valence-electron chi connectivity index (χ4n) is 2.68. The molecule has 1 aliphatic rings. The molecule has 0 unspecified atom stereocenters. The van der Waals surface area contributed by atoms with Crippen molar-refractivity contribution < 1.29 is 23.7 Å². The Labute approximate surface area is 156 Å². The van der Waals surface area contributed by atoms with Crippen molar-refractivity contribution in [2.24, 2.45) is 0 Å². The highest BCUT2D eigenvalue weighted by Gasteiger charge is 2.16. The maximum atomic E-state index is 12.4. The van der Waals surface area contributed by atoms with E-state index < -0.39 is 0 Å². The number of fused-ring (bicyclic) bond motifs is 1. The van der Waals surface area contributed by atoms with Gasteiger partial charge in [0.15, 0.2) is 23.0 Å². The minimum Gasteiger partial charge on any atom is -0.493 e. The van der Waals surface area contributed by atoms with Crippen molar-refractivity contribution in [2.75, 3.05) is 19.2 Å². The largest absolute Gasteiger partial charge is 0.493 e. The molecule has 0 saturated carbocycles. The van der Waals surface area contributed by atoms with E-state index in [9.17, 15) is 4.79 Å². The highest BCUT2D eigenvalue weighted by molar-refractivity contribution is 6.04. The predicted molar refractivity (Wildman–Crippen MR) is 100 cm³/mol. The number of methoxy groups -OCH3 is 1. The number of para-hydroxylation sites is 2. The van der Waals surface area contributed by atoms with Gasteiger partial charge in [-0.3, -0.25) is 4.79 Å². The lowest BCUT2D eigenvalue weighted by molar-refractivity contribution is 0.102. The second-order valence-corrected chi connectivity index (χ2v) is 5.80. The number of nitrogens with one attached hydrogen (secondary N) is 1. The van der Waals surface area contributed by atoms with Gasteiger partial charge in [0.05, 0.1) is 7.11 Å². The topological polar surface area (TPSA) is 66.0 Å². The van der Waals surface area contributed by atoms with Gasteiger partial charge in [0.25, 0.3) is 5.91 Å². The summed E-state index contributed by atoms with van der Waals surface area (Å²) in [6.45, 7) is 0.175. The Balaban J connectivity index is 1.44. The second-order valence-electron chi connectivity index (χ2n) is 5.80. The molecule has 0 saturated heterocycles. The van der Waals surface area contributed by atoms with E-state index in [1.54, 1.807) is 49.6 Å². The summed E-state index contributed by atoms with van der Waals surface area (Å²) in [5, 5.41) is 2.85. The van der Waals surface area contributed by atoms with Crippen LogP contribution in [-0.2, 0) is 0 Å². The second kappa shape index (κ2) is 7.29. The number of benzene rings is 3. The van der Waals surface area contributed by atoms with Crippen LogP contribution in [0.15, 0.2) is 66.7 Å². The number of anilines is 1. The van der Waals surface area contributed by atoms with E-state index in [1.807, 2.05) is 24.3 Å². The first kappa shape index (κ1) is 16.8. The van der Waals surface area contributed by atoms with Crippen LogP contribution in [0.1, 0.15) is 10.4 Å². The summed E-state index contributed by atoms with van der Waals surface area (Å²) in [5.74, 6) is 2.90. The number of carbonyl (C=O) groups is 1. The van der Waals surface area contributed by atoms with Crippen LogP contribution in [0.25, 0.3) is 0 Å². The van der Waals surface area contributed by atoms with Gasteiger partial charge in [-0.1, -0.05) is 12.1 Å². The van der Waals surface area contributed by atoms with Gasteiger partial charge < -0.3 is 24.3 Å². The zero-order valence-electron chi connectivity index (χ0n) is 14.6. The van der Waals surface area contributed by atoms with Crippen molar-refractivity contribution in [3.05, 3.63) is 72.3 Å². The van der Waals surface area contributed by atoms with Crippen LogP contribution >= 0.6 is 0 Å². The Bertz CT molecular complexity index is 969. The van der Waals surface area contributed by atoms with E-state index >= 15 is 0 Å². The van der Waals surface area contributed by atoms with Crippen molar-refractivity contribution in [3.8, 4) is 28.7 Å². The standard InChI is InChI=1S/C21H17NO5/c1-24-17-4-2-3-5-19(17)27-16-9-7-15(8-10-16)22-21(23)14-6-11-18-20(12-14)26-13-25-18/h2-12H,13H2,1H3,(H,22,23). The first-order valence-electron chi connectivity index (χ1n) is 8.35. The lowest BCUT2D eigenvalue weighted by Gasteiger charge is -2.11. The number of hydrogen-bond donors (Lipinski definition) is 1. The van der Waals surface area contributed by atoms with Crippen LogP contribution in [0.3, 0.4) is 0 Å². The molecule has 1 heterocycles. The Morgan fingerprint density at radius 2 is 1.67 bits per heavy atom. The summed E-state index contributed by atoms with van der Waals surface area (Å²) >= 11 is 0. The molecule has 27 heavy (non-hydrogen) atoms. The summed E-state index contributed by atoms with van der Waals surface area (Å²) in [6, 6.07) is 19.6. The Hall–Kier alpha value is -3.67. The Morgan fingerprint density at radius 3 is 2.44 bits per heavy atom. The average molecular weight is 363 g/mol. The molecule has 136 valence electrons. The fraction of sp³-hybridized carbons (Fsp3) is 0.0952. The van der Waals surface area contributed by atoms with Gasteiger partial charge in [-0.25, -0.2) is 0 Å². The van der Waals surface area contributed by atoms with E-state index in [1.165, 1.54) is 0 Å². The van der Waals surface area contributed by atoms with Crippen LogP contribution in [0, 0.1) is 0 Å². The molecular formula is C21H17NO5. The first-order valence-corrected chi connectivity index (χ1v) is 8.35. The molecule has 1 N–H and O–H groups in total. The Kier molecular flexibility index (Phi) is 4.53. The smallest absolute Gasteiger partial charge is 0.255 e. The molecule has 1 aliphatic heterocycles. The van der Waals surface area contributed by atoms with Gasteiger partial charge in [-0.15, -0.1) is 0 Å². The molecule has 0 radical (unpaired) electrons. The molecule has 1 amide bonds. The van der Waals surface area contributed by atoms with Gasteiger partial charge >= 0.3 is 0 Å². The van der Waals surface area contributed by atoms with E-state index in [-0.39, 0.29) is 12.7 Å². The summed E-state index contributed by atoms with van der Waals surface area (Å²) in [7, 11) is 1.59. The van der Waals surface area contributed by atoms with Gasteiger partial charge in [-0.05, 0) is 54.6 Å². The van der Waals surface area contributed by atoms with Crippen molar-refractivity contribution in [2.45, 2.75) is 0 Å². The van der Waals surface area contributed by atoms with Crippen LogP contribution in [0.5, 0.6) is 28.7 Å². The summed E-state index contributed by atoms with van der Waals surface area (Å²) in [6.07, 6.45) is 0. The normalized spacial score (nSPS) is 11.7. The number of carbonyl (C=O) groups excluding carboxylic acids is 1. The fourth-order valence-corrected chi connectivity index (χ4v) is 2.68. The van der Waals surface area contributed by atoms with E-state index in [2.05, 4.69) is 5.32 Å². The van der Waals surface area contributed by atoms with Crippen molar-refractivity contribution in [1.82, 2.24) is 0 Å². The molecule has 0 fully saturated rings. The van der Waals surface area contributed by atoms with Crippen molar-refractivity contribution in [3.63, 3.8) is 0 Å². The summed E-state index contributed by atoms with van der Waals surface area (Å²) in [4.78, 5) is 12.4. The zero-order valence-corrected chi connectivity index (χ0v) is 14.6. The minimum absolute atomic E-state index is 0.175. The van der Waals surface area contributed by atoms with E-state index in [0.717, 1.165) is 0 Å². The highest BCUT2D eigenvalue weighted by atomic mass is 16.7. The third kappa shape index (κ3) is 3.64. The van der Waals surface area contributed by atoms with Crippen LogP contribution < -0.4 is 24.3 Å². The molecule has 0 spiro atoms.